The quantitative estimate of drug-likeness (QED) is 0.883. The predicted molar refractivity (Wildman–Crippen MR) is 76.2 cm³/mol. The number of benzene rings is 1. The molecule has 0 bridgehead atoms. The molecule has 0 saturated carbocycles. The highest BCUT2D eigenvalue weighted by molar-refractivity contribution is 5.82. The lowest BCUT2D eigenvalue weighted by Crippen LogP contribution is -2.53. The number of hydrogen-bond donors (Lipinski definition) is 1. The second kappa shape index (κ2) is 5.79. The van der Waals surface area contributed by atoms with Gasteiger partial charge in [0, 0.05) is 31.9 Å². The van der Waals surface area contributed by atoms with Crippen molar-refractivity contribution in [3.05, 3.63) is 30.1 Å². The number of piperazine rings is 1. The first kappa shape index (κ1) is 13.4. The first-order chi connectivity index (χ1) is 9.74. The predicted octanol–water partition coefficient (Wildman–Crippen LogP) is 1.23. The van der Waals surface area contributed by atoms with Gasteiger partial charge in [0.15, 0.2) is 0 Å². The van der Waals surface area contributed by atoms with E-state index in [1.54, 1.807) is 12.1 Å². The average Bonchev–Trinajstić information content (AvgIpc) is 3.02. The Balaban J connectivity index is 1.56. The minimum absolute atomic E-state index is 0.0207. The number of hydrogen-bond acceptors (Lipinski definition) is 3. The molecule has 1 amide bonds. The zero-order valence-corrected chi connectivity index (χ0v) is 11.5. The van der Waals surface area contributed by atoms with E-state index in [4.69, 9.17) is 0 Å². The van der Waals surface area contributed by atoms with Gasteiger partial charge in [-0.25, -0.2) is 4.39 Å². The molecule has 1 aromatic rings. The van der Waals surface area contributed by atoms with Gasteiger partial charge in [0.05, 0.1) is 6.04 Å². The number of halogens is 1. The summed E-state index contributed by atoms with van der Waals surface area (Å²) in [4.78, 5) is 16.4. The summed E-state index contributed by atoms with van der Waals surface area (Å²) in [5.74, 6) is 0.0242. The Hall–Kier alpha value is -1.62. The number of nitrogens with one attached hydrogen (secondary N) is 1. The van der Waals surface area contributed by atoms with Crippen LogP contribution in [0.1, 0.15) is 12.8 Å². The summed E-state index contributed by atoms with van der Waals surface area (Å²) in [5.41, 5.74) is 1.03. The van der Waals surface area contributed by atoms with Crippen molar-refractivity contribution in [3.8, 4) is 0 Å². The van der Waals surface area contributed by atoms with Crippen molar-refractivity contribution >= 4 is 11.6 Å². The summed E-state index contributed by atoms with van der Waals surface area (Å²) in [5, 5.41) is 3.26. The summed E-state index contributed by atoms with van der Waals surface area (Å²) in [6.07, 6.45) is 2.04. The lowest BCUT2D eigenvalue weighted by Gasteiger charge is -2.37. The lowest BCUT2D eigenvalue weighted by atomic mass is 10.1. The molecule has 1 unspecified atom stereocenters. The minimum atomic E-state index is -0.213. The van der Waals surface area contributed by atoms with E-state index >= 15 is 0 Å². The van der Waals surface area contributed by atoms with E-state index in [9.17, 15) is 9.18 Å². The van der Waals surface area contributed by atoms with Gasteiger partial charge in [-0.15, -0.1) is 0 Å². The third-order valence-corrected chi connectivity index (χ3v) is 4.14. The Bertz CT molecular complexity index is 463. The van der Waals surface area contributed by atoms with E-state index in [-0.39, 0.29) is 17.8 Å². The Morgan fingerprint density at radius 1 is 1.15 bits per heavy atom. The molecule has 0 radical (unpaired) electrons. The molecule has 2 aliphatic rings. The summed E-state index contributed by atoms with van der Waals surface area (Å²) in [6.45, 7) is 4.06. The fourth-order valence-corrected chi connectivity index (χ4v) is 2.95. The molecular weight excluding hydrogens is 257 g/mol. The molecule has 1 N–H and O–H groups in total. The van der Waals surface area contributed by atoms with Gasteiger partial charge in [-0.2, -0.15) is 0 Å². The van der Waals surface area contributed by atoms with Crippen molar-refractivity contribution < 1.29 is 9.18 Å². The number of nitrogens with zero attached hydrogens (tertiary/aromatic N) is 2. The van der Waals surface area contributed by atoms with Crippen molar-refractivity contribution in [1.29, 1.82) is 0 Å². The third kappa shape index (κ3) is 2.77. The SMILES string of the molecule is O=C(C1CCCN1)N1CCN(c2ccc(F)cc2)CC1. The highest BCUT2D eigenvalue weighted by atomic mass is 19.1. The molecule has 2 heterocycles. The molecule has 0 aliphatic carbocycles. The van der Waals surface area contributed by atoms with Crippen LogP contribution < -0.4 is 10.2 Å². The van der Waals surface area contributed by atoms with Gasteiger partial charge in [-0.05, 0) is 43.7 Å². The molecule has 3 rings (SSSR count). The molecule has 4 nitrogen and oxygen atoms in total. The molecule has 1 aromatic carbocycles. The van der Waals surface area contributed by atoms with E-state index < -0.39 is 0 Å². The summed E-state index contributed by atoms with van der Waals surface area (Å²) in [7, 11) is 0. The van der Waals surface area contributed by atoms with Crippen LogP contribution in [0.15, 0.2) is 24.3 Å². The fraction of sp³-hybridized carbons (Fsp3) is 0.533. The van der Waals surface area contributed by atoms with Crippen LogP contribution in [0.2, 0.25) is 0 Å². The van der Waals surface area contributed by atoms with Crippen molar-refractivity contribution in [1.82, 2.24) is 10.2 Å². The number of anilines is 1. The third-order valence-electron chi connectivity index (χ3n) is 4.14. The minimum Gasteiger partial charge on any atom is -0.368 e. The second-order valence-electron chi connectivity index (χ2n) is 5.44. The van der Waals surface area contributed by atoms with Crippen molar-refractivity contribution in [2.75, 3.05) is 37.6 Å². The first-order valence-electron chi connectivity index (χ1n) is 7.27. The average molecular weight is 277 g/mol. The van der Waals surface area contributed by atoms with Gasteiger partial charge < -0.3 is 15.1 Å². The van der Waals surface area contributed by atoms with E-state index in [1.807, 2.05) is 4.90 Å². The zero-order valence-electron chi connectivity index (χ0n) is 11.5. The molecule has 20 heavy (non-hydrogen) atoms. The van der Waals surface area contributed by atoms with E-state index in [1.165, 1.54) is 12.1 Å². The molecule has 2 saturated heterocycles. The summed E-state index contributed by atoms with van der Waals surface area (Å²) < 4.78 is 12.9. The summed E-state index contributed by atoms with van der Waals surface area (Å²) in [6, 6.07) is 6.58. The highest BCUT2D eigenvalue weighted by Crippen LogP contribution is 2.18. The second-order valence-corrected chi connectivity index (χ2v) is 5.44. The highest BCUT2D eigenvalue weighted by Gasteiger charge is 2.29. The van der Waals surface area contributed by atoms with Crippen LogP contribution in [-0.2, 0) is 4.79 Å². The van der Waals surface area contributed by atoms with Crippen LogP contribution >= 0.6 is 0 Å². The van der Waals surface area contributed by atoms with E-state index in [0.29, 0.717) is 0 Å². The fourth-order valence-electron chi connectivity index (χ4n) is 2.95. The van der Waals surface area contributed by atoms with Gasteiger partial charge in [-0.3, -0.25) is 4.79 Å². The van der Waals surface area contributed by atoms with Gasteiger partial charge in [0.2, 0.25) is 5.91 Å². The van der Waals surface area contributed by atoms with Crippen LogP contribution in [0.4, 0.5) is 10.1 Å². The Morgan fingerprint density at radius 3 is 2.45 bits per heavy atom. The zero-order chi connectivity index (χ0) is 13.9. The monoisotopic (exact) mass is 277 g/mol. The van der Waals surface area contributed by atoms with Gasteiger partial charge in [0.1, 0.15) is 5.82 Å². The topological polar surface area (TPSA) is 35.6 Å². The van der Waals surface area contributed by atoms with E-state index in [0.717, 1.165) is 51.3 Å². The van der Waals surface area contributed by atoms with Crippen LogP contribution in [0.25, 0.3) is 0 Å². The van der Waals surface area contributed by atoms with Gasteiger partial charge >= 0.3 is 0 Å². The van der Waals surface area contributed by atoms with Crippen molar-refractivity contribution in [2.24, 2.45) is 0 Å². The Kier molecular flexibility index (Phi) is 3.87. The smallest absolute Gasteiger partial charge is 0.239 e. The maximum atomic E-state index is 12.9. The number of carbonyl (C=O) groups is 1. The maximum absolute atomic E-state index is 12.9. The maximum Gasteiger partial charge on any atom is 0.239 e. The summed E-state index contributed by atoms with van der Waals surface area (Å²) >= 11 is 0. The molecule has 2 aliphatic heterocycles. The van der Waals surface area contributed by atoms with Crippen molar-refractivity contribution in [2.45, 2.75) is 18.9 Å². The van der Waals surface area contributed by atoms with Crippen LogP contribution in [0, 0.1) is 5.82 Å². The molecular formula is C15H20FN3O. The van der Waals surface area contributed by atoms with Gasteiger partial charge in [-0.1, -0.05) is 0 Å². The Labute approximate surface area is 118 Å². The normalized spacial score (nSPS) is 23.1. The molecule has 1 atom stereocenters. The van der Waals surface area contributed by atoms with Gasteiger partial charge in [0.25, 0.3) is 0 Å². The molecule has 5 heteroatoms. The van der Waals surface area contributed by atoms with Crippen LogP contribution in [0.5, 0.6) is 0 Å². The number of carbonyl (C=O) groups excluding carboxylic acids is 1. The standard InChI is InChI=1S/C15H20FN3O/c16-12-3-5-13(6-4-12)18-8-10-19(11-9-18)15(20)14-2-1-7-17-14/h3-6,14,17H,1-2,7-11H2. The molecule has 0 aromatic heterocycles. The molecule has 0 spiro atoms. The van der Waals surface area contributed by atoms with E-state index in [2.05, 4.69) is 10.2 Å². The molecule has 2 fully saturated rings. The molecule has 108 valence electrons. The van der Waals surface area contributed by atoms with Crippen LogP contribution in [0.3, 0.4) is 0 Å². The van der Waals surface area contributed by atoms with Crippen molar-refractivity contribution in [3.63, 3.8) is 0 Å². The number of amides is 1. The van der Waals surface area contributed by atoms with Crippen LogP contribution in [-0.4, -0.2) is 49.6 Å². The Morgan fingerprint density at radius 2 is 1.85 bits per heavy atom. The lowest BCUT2D eigenvalue weighted by molar-refractivity contribution is -0.133. The largest absolute Gasteiger partial charge is 0.368 e. The first-order valence-corrected chi connectivity index (χ1v) is 7.27. The number of rotatable bonds is 2.